The van der Waals surface area contributed by atoms with Gasteiger partial charge in [0.15, 0.2) is 0 Å². The fourth-order valence-corrected chi connectivity index (χ4v) is 4.21. The third-order valence-corrected chi connectivity index (χ3v) is 5.29. The molecule has 2 heterocycles. The van der Waals surface area contributed by atoms with E-state index in [-0.39, 0.29) is 0 Å². The van der Waals surface area contributed by atoms with Crippen molar-refractivity contribution in [2.24, 2.45) is 0 Å². The summed E-state index contributed by atoms with van der Waals surface area (Å²) in [7, 11) is 1.89. The Morgan fingerprint density at radius 3 is 2.71 bits per heavy atom. The molecule has 0 bridgehead atoms. The summed E-state index contributed by atoms with van der Waals surface area (Å²) < 4.78 is 0. The Balaban J connectivity index is 2.06. The highest BCUT2D eigenvalue weighted by Crippen LogP contribution is 2.34. The zero-order valence-electron chi connectivity index (χ0n) is 13.1. The summed E-state index contributed by atoms with van der Waals surface area (Å²) in [5, 5.41) is 4.32. The number of anilines is 2. The Kier molecular flexibility index (Phi) is 4.29. The molecular formula is C16H24N4S. The largest absolute Gasteiger partial charge is 0.357 e. The molecule has 1 N–H and O–H groups in total. The maximum atomic E-state index is 4.79. The maximum absolute atomic E-state index is 4.79. The maximum Gasteiger partial charge on any atom is 0.225 e. The Hall–Kier alpha value is -1.36. The normalized spacial score (nSPS) is 16.3. The van der Waals surface area contributed by atoms with E-state index in [1.165, 1.54) is 42.4 Å². The van der Waals surface area contributed by atoms with Gasteiger partial charge in [0.2, 0.25) is 5.95 Å². The number of hydrogen-bond acceptors (Lipinski definition) is 5. The molecule has 0 aliphatic heterocycles. The molecule has 0 unspecified atom stereocenters. The van der Waals surface area contributed by atoms with Crippen molar-refractivity contribution in [1.29, 1.82) is 0 Å². The van der Waals surface area contributed by atoms with E-state index >= 15 is 0 Å². The second-order valence-electron chi connectivity index (χ2n) is 5.77. The van der Waals surface area contributed by atoms with Crippen LogP contribution in [0.25, 0.3) is 10.2 Å². The van der Waals surface area contributed by atoms with Crippen molar-refractivity contribution in [2.45, 2.75) is 52.0 Å². The van der Waals surface area contributed by atoms with Crippen LogP contribution in [0.5, 0.6) is 0 Å². The van der Waals surface area contributed by atoms with Gasteiger partial charge in [-0.3, -0.25) is 0 Å². The van der Waals surface area contributed by atoms with Gasteiger partial charge in [-0.1, -0.05) is 19.3 Å². The lowest BCUT2D eigenvalue weighted by Crippen LogP contribution is -2.37. The zero-order chi connectivity index (χ0) is 14.8. The Morgan fingerprint density at radius 2 is 2.05 bits per heavy atom. The molecule has 3 rings (SSSR count). The third kappa shape index (κ3) is 2.84. The van der Waals surface area contributed by atoms with Gasteiger partial charge in [-0.05, 0) is 32.8 Å². The molecule has 0 spiro atoms. The van der Waals surface area contributed by atoms with Gasteiger partial charge < -0.3 is 10.2 Å². The number of thiophene rings is 1. The van der Waals surface area contributed by atoms with Gasteiger partial charge >= 0.3 is 0 Å². The number of nitrogens with zero attached hydrogens (tertiary/aromatic N) is 3. The lowest BCUT2D eigenvalue weighted by atomic mass is 9.94. The van der Waals surface area contributed by atoms with Crippen molar-refractivity contribution < 1.29 is 0 Å². The first-order chi connectivity index (χ1) is 10.2. The number of aromatic nitrogens is 2. The molecule has 0 amide bonds. The van der Waals surface area contributed by atoms with Gasteiger partial charge in [0.25, 0.3) is 0 Å². The van der Waals surface area contributed by atoms with Gasteiger partial charge in [0.1, 0.15) is 10.6 Å². The zero-order valence-corrected chi connectivity index (χ0v) is 14.0. The Morgan fingerprint density at radius 1 is 1.29 bits per heavy atom. The summed E-state index contributed by atoms with van der Waals surface area (Å²) in [6, 6.07) is 2.87. The molecule has 0 radical (unpaired) electrons. The summed E-state index contributed by atoms with van der Waals surface area (Å²) in [4.78, 5) is 14.3. The van der Waals surface area contributed by atoms with Crippen LogP contribution in [0.3, 0.4) is 0 Å². The number of nitrogens with one attached hydrogen (secondary N) is 1. The fraction of sp³-hybridized carbons (Fsp3) is 0.625. The highest BCUT2D eigenvalue weighted by Gasteiger charge is 2.24. The molecule has 0 saturated heterocycles. The quantitative estimate of drug-likeness (QED) is 0.919. The van der Waals surface area contributed by atoms with Crippen molar-refractivity contribution in [1.82, 2.24) is 9.97 Å². The molecule has 0 atom stereocenters. The molecule has 21 heavy (non-hydrogen) atoms. The van der Waals surface area contributed by atoms with Crippen LogP contribution in [0.1, 0.15) is 43.9 Å². The van der Waals surface area contributed by atoms with Crippen molar-refractivity contribution in [3.8, 4) is 0 Å². The van der Waals surface area contributed by atoms with Gasteiger partial charge in [-0.2, -0.15) is 4.98 Å². The van der Waals surface area contributed by atoms with Crippen molar-refractivity contribution in [2.75, 3.05) is 23.8 Å². The lowest BCUT2D eigenvalue weighted by molar-refractivity contribution is 0.417. The monoisotopic (exact) mass is 304 g/mol. The average molecular weight is 304 g/mol. The van der Waals surface area contributed by atoms with Crippen LogP contribution in [0, 0.1) is 6.92 Å². The molecular weight excluding hydrogens is 280 g/mol. The van der Waals surface area contributed by atoms with E-state index in [0.29, 0.717) is 6.04 Å². The molecule has 0 aromatic carbocycles. The van der Waals surface area contributed by atoms with Gasteiger partial charge in [-0.15, -0.1) is 11.3 Å². The van der Waals surface area contributed by atoms with Crippen LogP contribution >= 0.6 is 11.3 Å². The van der Waals surface area contributed by atoms with E-state index < -0.39 is 0 Å². The minimum Gasteiger partial charge on any atom is -0.357 e. The van der Waals surface area contributed by atoms with E-state index in [2.05, 4.69) is 35.1 Å². The molecule has 2 aromatic rings. The predicted molar refractivity (Wildman–Crippen MR) is 91.6 cm³/mol. The topological polar surface area (TPSA) is 41.1 Å². The molecule has 1 fully saturated rings. The highest BCUT2D eigenvalue weighted by atomic mass is 32.1. The summed E-state index contributed by atoms with van der Waals surface area (Å²) in [6.45, 7) is 5.39. The van der Waals surface area contributed by atoms with Crippen LogP contribution in [0.15, 0.2) is 6.07 Å². The minimum atomic E-state index is 0.631. The average Bonchev–Trinajstić information content (AvgIpc) is 2.89. The minimum absolute atomic E-state index is 0.631. The van der Waals surface area contributed by atoms with Crippen molar-refractivity contribution in [3.05, 3.63) is 10.9 Å². The summed E-state index contributed by atoms with van der Waals surface area (Å²) in [5.74, 6) is 1.84. The van der Waals surface area contributed by atoms with Crippen LogP contribution in [-0.4, -0.2) is 29.6 Å². The molecule has 2 aromatic heterocycles. The number of rotatable bonds is 4. The standard InChI is InChI=1S/C16H24N4S/c1-4-20(12-8-6-5-7-9-12)14-13-10-11(2)21-15(13)19-16(17-3)18-14/h10,12H,4-9H2,1-3H3,(H,17,18,19). The molecule has 1 saturated carbocycles. The van der Waals surface area contributed by atoms with E-state index in [0.717, 1.165) is 23.1 Å². The second-order valence-corrected chi connectivity index (χ2v) is 7.01. The summed E-state index contributed by atoms with van der Waals surface area (Å²) >= 11 is 1.75. The second kappa shape index (κ2) is 6.18. The van der Waals surface area contributed by atoms with Crippen LogP contribution in [0.2, 0.25) is 0 Å². The molecule has 1 aliphatic carbocycles. The van der Waals surface area contributed by atoms with E-state index in [9.17, 15) is 0 Å². The SMILES string of the molecule is CCN(c1nc(NC)nc2sc(C)cc12)C1CCCCC1. The first-order valence-electron chi connectivity index (χ1n) is 7.95. The smallest absolute Gasteiger partial charge is 0.225 e. The van der Waals surface area contributed by atoms with Crippen molar-refractivity contribution >= 4 is 33.3 Å². The molecule has 114 valence electrons. The molecule has 1 aliphatic rings. The van der Waals surface area contributed by atoms with Crippen LogP contribution in [0.4, 0.5) is 11.8 Å². The summed E-state index contributed by atoms with van der Waals surface area (Å²) in [6.07, 6.45) is 6.65. The fourth-order valence-electron chi connectivity index (χ4n) is 3.33. The van der Waals surface area contributed by atoms with E-state index in [1.807, 2.05) is 7.05 Å². The number of hydrogen-bond donors (Lipinski definition) is 1. The lowest BCUT2D eigenvalue weighted by Gasteiger charge is -2.34. The summed E-state index contributed by atoms with van der Waals surface area (Å²) in [5.41, 5.74) is 0. The van der Waals surface area contributed by atoms with Crippen LogP contribution < -0.4 is 10.2 Å². The molecule has 5 heteroatoms. The number of fused-ring (bicyclic) bond motifs is 1. The van der Waals surface area contributed by atoms with Gasteiger partial charge in [0, 0.05) is 24.5 Å². The first kappa shape index (κ1) is 14.6. The third-order valence-electron chi connectivity index (χ3n) is 4.35. The van der Waals surface area contributed by atoms with Gasteiger partial charge in [-0.25, -0.2) is 4.98 Å². The highest BCUT2D eigenvalue weighted by molar-refractivity contribution is 7.18. The molecule has 4 nitrogen and oxygen atoms in total. The first-order valence-corrected chi connectivity index (χ1v) is 8.77. The van der Waals surface area contributed by atoms with Crippen LogP contribution in [-0.2, 0) is 0 Å². The Bertz CT molecular complexity index is 616. The number of aryl methyl sites for hydroxylation is 1. The van der Waals surface area contributed by atoms with E-state index in [4.69, 9.17) is 4.98 Å². The Labute approximate surface area is 130 Å². The van der Waals surface area contributed by atoms with Gasteiger partial charge in [0.05, 0.1) is 5.39 Å². The van der Waals surface area contributed by atoms with E-state index in [1.54, 1.807) is 11.3 Å². The van der Waals surface area contributed by atoms with Crippen molar-refractivity contribution in [3.63, 3.8) is 0 Å². The predicted octanol–water partition coefficient (Wildman–Crippen LogP) is 4.20.